The molecule has 0 N–H and O–H groups in total. The van der Waals surface area contributed by atoms with E-state index in [9.17, 15) is 0 Å². The molecular weight excluding hydrogens is 204 g/mol. The highest BCUT2D eigenvalue weighted by Gasteiger charge is 2.43. The Hall–Kier alpha value is 0.270. The number of hydrogen-bond acceptors (Lipinski definition) is 3. The summed E-state index contributed by atoms with van der Waals surface area (Å²) in [6.45, 7) is 7.42. The van der Waals surface area contributed by atoms with E-state index in [4.69, 9.17) is 0 Å². The molecule has 1 heterocycles. The van der Waals surface area contributed by atoms with Crippen LogP contribution in [0.2, 0.25) is 0 Å². The molecule has 2 nitrogen and oxygen atoms in total. The van der Waals surface area contributed by atoms with Crippen LogP contribution in [0.4, 0.5) is 0 Å². The van der Waals surface area contributed by atoms with E-state index < -0.39 is 0 Å². The Morgan fingerprint density at radius 3 is 2.67 bits per heavy atom. The van der Waals surface area contributed by atoms with Gasteiger partial charge in [0.2, 0.25) is 0 Å². The third-order valence-electron chi connectivity index (χ3n) is 4.02. The fourth-order valence-corrected chi connectivity index (χ4v) is 3.05. The van der Waals surface area contributed by atoms with Gasteiger partial charge in [0.1, 0.15) is 0 Å². The summed E-state index contributed by atoms with van der Waals surface area (Å²) in [5.41, 5.74) is 0.584. The van der Waals surface area contributed by atoms with E-state index in [1.165, 1.54) is 45.4 Å². The van der Waals surface area contributed by atoms with Crippen LogP contribution in [0.1, 0.15) is 26.2 Å². The van der Waals surface area contributed by atoms with E-state index in [0.29, 0.717) is 5.41 Å². The summed E-state index contributed by atoms with van der Waals surface area (Å²) in [5, 5.41) is 0. The minimum absolute atomic E-state index is 0.584. The molecule has 0 bridgehead atoms. The fraction of sp³-hybridized carbons (Fsp3) is 1.00. The smallest absolute Gasteiger partial charge is 0.0195 e. The minimum Gasteiger partial charge on any atom is -0.305 e. The van der Waals surface area contributed by atoms with Crippen molar-refractivity contribution in [2.24, 2.45) is 5.41 Å². The molecule has 1 saturated carbocycles. The Kier molecular flexibility index (Phi) is 3.63. The first kappa shape index (κ1) is 11.7. The van der Waals surface area contributed by atoms with Gasteiger partial charge < -0.3 is 4.90 Å². The van der Waals surface area contributed by atoms with Gasteiger partial charge in [0.15, 0.2) is 0 Å². The third-order valence-corrected chi connectivity index (χ3v) is 4.69. The second-order valence-corrected chi connectivity index (χ2v) is 5.91. The molecule has 1 aliphatic heterocycles. The molecule has 2 fully saturated rings. The van der Waals surface area contributed by atoms with E-state index >= 15 is 0 Å². The maximum atomic E-state index is 4.50. The molecule has 0 amide bonds. The van der Waals surface area contributed by atoms with Crippen molar-refractivity contribution in [1.82, 2.24) is 9.80 Å². The van der Waals surface area contributed by atoms with Gasteiger partial charge >= 0.3 is 0 Å². The zero-order valence-corrected chi connectivity index (χ0v) is 11.0. The molecule has 0 spiro atoms. The predicted molar refractivity (Wildman–Crippen MR) is 68.7 cm³/mol. The summed E-state index contributed by atoms with van der Waals surface area (Å²) in [4.78, 5) is 5.15. The summed E-state index contributed by atoms with van der Waals surface area (Å²) in [6, 6.07) is 0.717. The highest BCUT2D eigenvalue weighted by molar-refractivity contribution is 7.80. The van der Waals surface area contributed by atoms with E-state index in [-0.39, 0.29) is 0 Å². The summed E-state index contributed by atoms with van der Waals surface area (Å²) < 4.78 is 0. The standard InChI is InChI=1S/C12H24N2S/c1-11-8-13(2)6-3-7-14(11)9-12(10-15)4-5-12/h11,15H,3-10H2,1-2H3. The SMILES string of the molecule is CC1CN(C)CCCN1CC1(CS)CC1. The van der Waals surface area contributed by atoms with Crippen LogP contribution in [0.3, 0.4) is 0 Å². The minimum atomic E-state index is 0.584. The first-order valence-electron chi connectivity index (χ1n) is 6.19. The highest BCUT2D eigenvalue weighted by Crippen LogP contribution is 2.47. The first-order chi connectivity index (χ1) is 7.15. The fourth-order valence-electron chi connectivity index (χ4n) is 2.63. The lowest BCUT2D eigenvalue weighted by Crippen LogP contribution is -2.41. The molecule has 1 atom stereocenters. The third kappa shape index (κ3) is 2.89. The molecule has 3 heteroatoms. The molecule has 88 valence electrons. The zero-order valence-electron chi connectivity index (χ0n) is 10.1. The maximum absolute atomic E-state index is 4.50. The van der Waals surface area contributed by atoms with Gasteiger partial charge in [-0.3, -0.25) is 4.90 Å². The van der Waals surface area contributed by atoms with E-state index in [1.54, 1.807) is 0 Å². The Morgan fingerprint density at radius 1 is 1.33 bits per heavy atom. The summed E-state index contributed by atoms with van der Waals surface area (Å²) in [5.74, 6) is 1.08. The van der Waals surface area contributed by atoms with E-state index in [1.807, 2.05) is 0 Å². The van der Waals surface area contributed by atoms with Gasteiger partial charge in [0, 0.05) is 19.1 Å². The number of likely N-dealkylation sites (N-methyl/N-ethyl adjacent to an activating group) is 1. The van der Waals surface area contributed by atoms with Crippen molar-refractivity contribution in [3.63, 3.8) is 0 Å². The largest absolute Gasteiger partial charge is 0.305 e. The topological polar surface area (TPSA) is 6.48 Å². The summed E-state index contributed by atoms with van der Waals surface area (Å²) >= 11 is 4.50. The number of thiol groups is 1. The second kappa shape index (κ2) is 4.64. The lowest BCUT2D eigenvalue weighted by Gasteiger charge is -2.31. The van der Waals surface area contributed by atoms with Crippen molar-refractivity contribution in [1.29, 1.82) is 0 Å². The number of nitrogens with zero attached hydrogens (tertiary/aromatic N) is 2. The van der Waals surface area contributed by atoms with Crippen molar-refractivity contribution in [2.75, 3.05) is 39.0 Å². The Bertz CT molecular complexity index is 216. The lowest BCUT2D eigenvalue weighted by atomic mass is 10.1. The number of hydrogen-bond donors (Lipinski definition) is 1. The molecule has 1 unspecified atom stereocenters. The van der Waals surface area contributed by atoms with Crippen LogP contribution in [0.25, 0.3) is 0 Å². The van der Waals surface area contributed by atoms with Crippen LogP contribution in [0, 0.1) is 5.41 Å². The van der Waals surface area contributed by atoms with Gasteiger partial charge in [-0.1, -0.05) is 0 Å². The van der Waals surface area contributed by atoms with Crippen molar-refractivity contribution in [2.45, 2.75) is 32.2 Å². The van der Waals surface area contributed by atoms with Gasteiger partial charge in [-0.15, -0.1) is 0 Å². The second-order valence-electron chi connectivity index (χ2n) is 5.59. The van der Waals surface area contributed by atoms with Crippen molar-refractivity contribution in [3.05, 3.63) is 0 Å². The van der Waals surface area contributed by atoms with Crippen LogP contribution in [-0.4, -0.2) is 54.8 Å². The molecular formula is C12H24N2S. The van der Waals surface area contributed by atoms with Crippen LogP contribution in [0.15, 0.2) is 0 Å². The van der Waals surface area contributed by atoms with Crippen LogP contribution in [-0.2, 0) is 0 Å². The van der Waals surface area contributed by atoms with Crippen LogP contribution in [0.5, 0.6) is 0 Å². The average molecular weight is 228 g/mol. The molecule has 0 aromatic rings. The van der Waals surface area contributed by atoms with Gasteiger partial charge in [-0.25, -0.2) is 0 Å². The summed E-state index contributed by atoms with van der Waals surface area (Å²) in [6.07, 6.45) is 4.12. The molecule has 2 aliphatic rings. The predicted octanol–water partition coefficient (Wildman–Crippen LogP) is 1.72. The average Bonchev–Trinajstić information content (AvgIpc) is 2.97. The molecule has 1 aliphatic carbocycles. The van der Waals surface area contributed by atoms with Crippen molar-refractivity contribution >= 4 is 12.6 Å². The molecule has 0 aromatic carbocycles. The monoisotopic (exact) mass is 228 g/mol. The first-order valence-corrected chi connectivity index (χ1v) is 6.82. The van der Waals surface area contributed by atoms with E-state index in [2.05, 4.69) is 36.4 Å². The quantitative estimate of drug-likeness (QED) is 0.735. The molecule has 0 radical (unpaired) electrons. The zero-order chi connectivity index (χ0) is 10.9. The molecule has 0 aromatic heterocycles. The van der Waals surface area contributed by atoms with Crippen LogP contribution >= 0.6 is 12.6 Å². The van der Waals surface area contributed by atoms with Gasteiger partial charge in [-0.2, -0.15) is 12.6 Å². The highest BCUT2D eigenvalue weighted by atomic mass is 32.1. The van der Waals surface area contributed by atoms with Gasteiger partial charge in [0.25, 0.3) is 0 Å². The van der Waals surface area contributed by atoms with Gasteiger partial charge in [-0.05, 0) is 57.5 Å². The Balaban J connectivity index is 1.90. The van der Waals surface area contributed by atoms with E-state index in [0.717, 1.165) is 11.8 Å². The Morgan fingerprint density at radius 2 is 2.07 bits per heavy atom. The Labute approximate surface area is 99.4 Å². The molecule has 15 heavy (non-hydrogen) atoms. The molecule has 2 rings (SSSR count). The lowest BCUT2D eigenvalue weighted by molar-refractivity contribution is 0.173. The maximum Gasteiger partial charge on any atom is 0.0195 e. The van der Waals surface area contributed by atoms with Gasteiger partial charge in [0.05, 0.1) is 0 Å². The summed E-state index contributed by atoms with van der Waals surface area (Å²) in [7, 11) is 2.24. The van der Waals surface area contributed by atoms with Crippen molar-refractivity contribution in [3.8, 4) is 0 Å². The normalized spacial score (nSPS) is 32.6. The number of rotatable bonds is 3. The van der Waals surface area contributed by atoms with Crippen molar-refractivity contribution < 1.29 is 0 Å². The molecule has 1 saturated heterocycles. The van der Waals surface area contributed by atoms with Crippen LogP contribution < -0.4 is 0 Å².